The lowest BCUT2D eigenvalue weighted by Gasteiger charge is -2.14. The average Bonchev–Trinajstić information content (AvgIpc) is 3.47. The van der Waals surface area contributed by atoms with Crippen LogP contribution in [0, 0.1) is 0 Å². The van der Waals surface area contributed by atoms with Crippen LogP contribution in [0.5, 0.6) is 17.2 Å². The van der Waals surface area contributed by atoms with Gasteiger partial charge in [-0.3, -0.25) is 4.34 Å². The van der Waals surface area contributed by atoms with Crippen LogP contribution in [0.1, 0.15) is 0 Å². The Balaban J connectivity index is 1.58. The Morgan fingerprint density at radius 3 is 2.40 bits per heavy atom. The molecule has 0 atom stereocenters. The second-order valence-corrected chi connectivity index (χ2v) is 8.88. The quantitative estimate of drug-likeness (QED) is 0.286. The van der Waals surface area contributed by atoms with Crippen LogP contribution in [0.4, 0.5) is 11.6 Å². The van der Waals surface area contributed by atoms with Gasteiger partial charge in [0.2, 0.25) is 11.7 Å². The molecule has 0 aliphatic heterocycles. The standard InChI is InChI=1S/C22H21N6O6P/c1-32-17-11-13(12-18(33-2)20(17)34-3)21-23-9-7-19-25-22(26-28(19)21)24-15-5-4-6-16-14(15)8-10-27(16)35(29,30)31/h4-12H,1-3H3,(H,24,26)(H2,29,30,31). The number of benzene rings is 2. The van der Waals surface area contributed by atoms with Gasteiger partial charge in [-0.1, -0.05) is 6.07 Å². The predicted molar refractivity (Wildman–Crippen MR) is 129 cm³/mol. The zero-order chi connectivity index (χ0) is 24.7. The highest BCUT2D eigenvalue weighted by atomic mass is 31.2. The van der Waals surface area contributed by atoms with E-state index in [1.54, 1.807) is 53.2 Å². The highest BCUT2D eigenvalue weighted by Crippen LogP contribution is 2.42. The first kappa shape index (κ1) is 22.7. The SMILES string of the molecule is COc1cc(-c2nccc3nc(Nc4cccc5c4ccn5P(=O)(O)O)nn23)cc(OC)c1OC. The van der Waals surface area contributed by atoms with E-state index in [1.165, 1.54) is 27.5 Å². The highest BCUT2D eigenvalue weighted by molar-refractivity contribution is 7.50. The van der Waals surface area contributed by atoms with Gasteiger partial charge in [-0.25, -0.2) is 9.55 Å². The molecule has 0 aliphatic carbocycles. The van der Waals surface area contributed by atoms with Gasteiger partial charge in [0.05, 0.1) is 32.5 Å². The number of hydrogen-bond acceptors (Lipinski definition) is 8. The molecule has 0 radical (unpaired) electrons. The first-order valence-corrected chi connectivity index (χ1v) is 11.9. The number of fused-ring (bicyclic) bond motifs is 2. The molecule has 13 heteroatoms. The smallest absolute Gasteiger partial charge is 0.434 e. The van der Waals surface area contributed by atoms with Crippen LogP contribution < -0.4 is 19.5 Å². The van der Waals surface area contributed by atoms with Gasteiger partial charge in [-0.15, -0.1) is 5.10 Å². The van der Waals surface area contributed by atoms with Gasteiger partial charge in [0.15, 0.2) is 23.0 Å². The van der Waals surface area contributed by atoms with E-state index in [2.05, 4.69) is 20.4 Å². The van der Waals surface area contributed by atoms with Gasteiger partial charge in [0, 0.05) is 29.4 Å². The molecule has 0 spiro atoms. The fourth-order valence-corrected chi connectivity index (χ4v) is 4.58. The van der Waals surface area contributed by atoms with Crippen molar-refractivity contribution in [2.75, 3.05) is 26.6 Å². The first-order valence-electron chi connectivity index (χ1n) is 10.3. The maximum absolute atomic E-state index is 11.8. The van der Waals surface area contributed by atoms with Crippen molar-refractivity contribution < 1.29 is 28.6 Å². The largest absolute Gasteiger partial charge is 0.493 e. The monoisotopic (exact) mass is 496 g/mol. The Morgan fingerprint density at radius 2 is 1.74 bits per heavy atom. The van der Waals surface area contributed by atoms with Crippen LogP contribution in [0.3, 0.4) is 0 Å². The molecule has 0 aliphatic rings. The number of anilines is 2. The predicted octanol–water partition coefficient (Wildman–Crippen LogP) is 3.46. The second kappa shape index (κ2) is 8.58. The van der Waals surface area contributed by atoms with Crippen LogP contribution >= 0.6 is 7.75 Å². The van der Waals surface area contributed by atoms with Crippen molar-refractivity contribution in [2.24, 2.45) is 0 Å². The van der Waals surface area contributed by atoms with Gasteiger partial charge in [0.25, 0.3) is 0 Å². The first-order chi connectivity index (χ1) is 16.8. The summed E-state index contributed by atoms with van der Waals surface area (Å²) in [6.07, 6.45) is 2.97. The molecule has 0 saturated heterocycles. The number of nitrogens with one attached hydrogen (secondary N) is 1. The molecule has 0 amide bonds. The minimum absolute atomic E-state index is 0.281. The summed E-state index contributed by atoms with van der Waals surface area (Å²) in [5, 5.41) is 8.30. The summed E-state index contributed by atoms with van der Waals surface area (Å²) in [6, 6.07) is 12.0. The average molecular weight is 496 g/mol. The summed E-state index contributed by atoms with van der Waals surface area (Å²) in [7, 11) is 0.114. The molecule has 180 valence electrons. The van der Waals surface area contributed by atoms with Crippen molar-refractivity contribution >= 4 is 35.9 Å². The maximum Gasteiger partial charge on any atom is 0.434 e. The summed E-state index contributed by atoms with van der Waals surface area (Å²) in [4.78, 5) is 28.2. The van der Waals surface area contributed by atoms with Gasteiger partial charge >= 0.3 is 7.75 Å². The Morgan fingerprint density at radius 1 is 1.00 bits per heavy atom. The molecule has 0 bridgehead atoms. The van der Waals surface area contributed by atoms with Crippen molar-refractivity contribution in [1.29, 1.82) is 0 Å². The molecule has 12 nitrogen and oxygen atoms in total. The summed E-state index contributed by atoms with van der Waals surface area (Å²) < 4.78 is 30.6. The van der Waals surface area contributed by atoms with Gasteiger partial charge in [-0.05, 0) is 30.3 Å². The molecule has 3 N–H and O–H groups in total. The van der Waals surface area contributed by atoms with Crippen molar-refractivity contribution in [3.63, 3.8) is 0 Å². The topological polar surface area (TPSA) is 145 Å². The molecule has 3 heterocycles. The van der Waals surface area contributed by atoms with Crippen molar-refractivity contribution in [3.05, 3.63) is 54.9 Å². The lowest BCUT2D eigenvalue weighted by Crippen LogP contribution is -2.00. The Bertz CT molecular complexity index is 1580. The van der Waals surface area contributed by atoms with E-state index < -0.39 is 7.75 Å². The van der Waals surface area contributed by atoms with Gasteiger partial charge in [0.1, 0.15) is 0 Å². The lowest BCUT2D eigenvalue weighted by atomic mass is 10.1. The van der Waals surface area contributed by atoms with Crippen molar-refractivity contribution in [3.8, 4) is 28.6 Å². The molecule has 0 unspecified atom stereocenters. The number of aromatic nitrogens is 5. The number of rotatable bonds is 7. The van der Waals surface area contributed by atoms with Gasteiger partial charge < -0.3 is 29.3 Å². The third-order valence-corrected chi connectivity index (χ3v) is 6.33. The van der Waals surface area contributed by atoms with Crippen molar-refractivity contribution in [2.45, 2.75) is 0 Å². The Hall–Kier alpha value is -4.12. The van der Waals surface area contributed by atoms with Crippen LogP contribution in [-0.2, 0) is 4.57 Å². The van der Waals surface area contributed by atoms with Crippen LogP contribution in [0.2, 0.25) is 0 Å². The molecule has 5 aromatic rings. The molecule has 2 aromatic carbocycles. The van der Waals surface area contributed by atoms with E-state index in [1.807, 2.05) is 0 Å². The number of nitrogens with zero attached hydrogens (tertiary/aromatic N) is 5. The normalized spacial score (nSPS) is 11.7. The van der Waals surface area contributed by atoms with Crippen molar-refractivity contribution in [1.82, 2.24) is 23.9 Å². The van der Waals surface area contributed by atoms with E-state index in [9.17, 15) is 14.4 Å². The zero-order valence-electron chi connectivity index (χ0n) is 18.9. The van der Waals surface area contributed by atoms with Crippen LogP contribution in [0.25, 0.3) is 27.9 Å². The minimum Gasteiger partial charge on any atom is -0.493 e. The zero-order valence-corrected chi connectivity index (χ0v) is 19.8. The summed E-state index contributed by atoms with van der Waals surface area (Å²) in [5.74, 6) is 2.18. The third kappa shape index (κ3) is 3.93. The fraction of sp³-hybridized carbons (Fsp3) is 0.136. The van der Waals surface area contributed by atoms with E-state index in [-0.39, 0.29) is 5.95 Å². The molecular weight excluding hydrogens is 475 g/mol. The van der Waals surface area contributed by atoms with Gasteiger partial charge in [-0.2, -0.15) is 9.50 Å². The number of ether oxygens (including phenoxy) is 3. The summed E-state index contributed by atoms with van der Waals surface area (Å²) in [5.41, 5.74) is 2.17. The molecular formula is C22H21N6O6P. The van der Waals surface area contributed by atoms with E-state index in [0.29, 0.717) is 50.9 Å². The van der Waals surface area contributed by atoms with Crippen LogP contribution in [-0.4, -0.2) is 55.0 Å². The number of methoxy groups -OCH3 is 3. The minimum atomic E-state index is -4.49. The molecule has 0 saturated carbocycles. The maximum atomic E-state index is 11.8. The Kier molecular flexibility index (Phi) is 5.56. The molecule has 3 aromatic heterocycles. The van der Waals surface area contributed by atoms with Crippen LogP contribution in [0.15, 0.2) is 54.9 Å². The highest BCUT2D eigenvalue weighted by Gasteiger charge is 2.20. The molecule has 5 rings (SSSR count). The van der Waals surface area contributed by atoms with E-state index in [0.717, 1.165) is 4.34 Å². The van der Waals surface area contributed by atoms with E-state index >= 15 is 0 Å². The second-order valence-electron chi connectivity index (χ2n) is 7.42. The summed E-state index contributed by atoms with van der Waals surface area (Å²) in [6.45, 7) is 0. The Labute approximate surface area is 198 Å². The molecule has 0 fully saturated rings. The molecule has 35 heavy (non-hydrogen) atoms. The third-order valence-electron chi connectivity index (χ3n) is 5.42. The number of hydrogen-bond donors (Lipinski definition) is 3. The fourth-order valence-electron chi connectivity index (χ4n) is 3.89. The van der Waals surface area contributed by atoms with E-state index in [4.69, 9.17) is 14.2 Å². The lowest BCUT2D eigenvalue weighted by molar-refractivity contribution is 0.324. The summed E-state index contributed by atoms with van der Waals surface area (Å²) >= 11 is 0.